The summed E-state index contributed by atoms with van der Waals surface area (Å²) in [5, 5.41) is 32.2. The average Bonchev–Trinajstić information content (AvgIpc) is 3.25. The van der Waals surface area contributed by atoms with Crippen LogP contribution < -0.4 is 15.0 Å². The summed E-state index contributed by atoms with van der Waals surface area (Å²) < 4.78 is 5.09. The van der Waals surface area contributed by atoms with Crippen LogP contribution in [0.5, 0.6) is 11.5 Å². The number of phenols is 1. The van der Waals surface area contributed by atoms with Crippen LogP contribution in [0, 0.1) is 11.8 Å². The molecular weight excluding hydrogens is 408 g/mol. The van der Waals surface area contributed by atoms with Crippen LogP contribution >= 0.6 is 0 Å². The highest BCUT2D eigenvalue weighted by Crippen LogP contribution is 2.48. The standard InChI is InChI=1S/C21H18N2O8/c1-31-12-7-3-6-11(17(12)24)15-13-14(16(22-15)21(29)30)19(26)23(18(13)25)10-5-2-4-9(8-10)20(27)28/h2-8,13-16,22,24H,1H3,(H,27,28)(H,29,30)/t13-,14-,15+,16+/m1/s1. The van der Waals surface area contributed by atoms with E-state index < -0.39 is 47.7 Å². The molecule has 4 atom stereocenters. The van der Waals surface area contributed by atoms with Gasteiger partial charge >= 0.3 is 11.9 Å². The number of aliphatic carboxylic acids is 1. The van der Waals surface area contributed by atoms with Crippen molar-refractivity contribution < 1.29 is 39.2 Å². The smallest absolute Gasteiger partial charge is 0.335 e. The van der Waals surface area contributed by atoms with E-state index in [9.17, 15) is 34.5 Å². The summed E-state index contributed by atoms with van der Waals surface area (Å²) in [7, 11) is 1.35. The largest absolute Gasteiger partial charge is 0.504 e. The number of hydrogen-bond donors (Lipinski definition) is 4. The van der Waals surface area contributed by atoms with E-state index in [0.717, 1.165) is 4.90 Å². The predicted octanol–water partition coefficient (Wildman–Crippen LogP) is 1.00. The lowest BCUT2D eigenvalue weighted by Crippen LogP contribution is -2.43. The van der Waals surface area contributed by atoms with Crippen LogP contribution in [-0.2, 0) is 14.4 Å². The second-order valence-corrected chi connectivity index (χ2v) is 7.28. The van der Waals surface area contributed by atoms with Crippen molar-refractivity contribution in [3.05, 3.63) is 53.6 Å². The molecule has 2 aliphatic heterocycles. The topological polar surface area (TPSA) is 153 Å². The zero-order valence-corrected chi connectivity index (χ0v) is 16.2. The molecule has 0 aliphatic carbocycles. The number of anilines is 1. The second-order valence-electron chi connectivity index (χ2n) is 7.28. The Kier molecular flexibility index (Phi) is 4.86. The summed E-state index contributed by atoms with van der Waals surface area (Å²) in [4.78, 5) is 50.4. The zero-order valence-electron chi connectivity index (χ0n) is 16.2. The SMILES string of the molecule is COc1cccc([C@@H]2N[C@H](C(=O)O)[C@@H]3C(=O)N(c4cccc(C(=O)O)c4)C(=O)[C@H]32)c1O. The maximum Gasteiger partial charge on any atom is 0.335 e. The number of carbonyl (C=O) groups excluding carboxylic acids is 2. The number of phenolic OH excluding ortho intramolecular Hbond substituents is 1. The summed E-state index contributed by atoms with van der Waals surface area (Å²) in [6.45, 7) is 0. The first-order valence-corrected chi connectivity index (χ1v) is 9.32. The van der Waals surface area contributed by atoms with E-state index in [0.29, 0.717) is 0 Å². The van der Waals surface area contributed by atoms with Crippen LogP contribution in [0.25, 0.3) is 0 Å². The van der Waals surface area contributed by atoms with Gasteiger partial charge in [-0.25, -0.2) is 9.69 Å². The molecule has 4 rings (SSSR count). The highest BCUT2D eigenvalue weighted by Gasteiger charge is 2.61. The van der Waals surface area contributed by atoms with Crippen molar-refractivity contribution in [1.82, 2.24) is 5.32 Å². The molecular formula is C21H18N2O8. The lowest BCUT2D eigenvalue weighted by atomic mass is 9.86. The molecule has 2 heterocycles. The fourth-order valence-electron chi connectivity index (χ4n) is 4.31. The molecule has 2 aromatic carbocycles. The zero-order chi connectivity index (χ0) is 22.4. The van der Waals surface area contributed by atoms with Gasteiger partial charge in [-0.2, -0.15) is 0 Å². The molecule has 0 saturated carbocycles. The fraction of sp³-hybridized carbons (Fsp3) is 0.238. The summed E-state index contributed by atoms with van der Waals surface area (Å²) in [5.41, 5.74) is 0.146. The number of ether oxygens (including phenoxy) is 1. The van der Waals surface area contributed by atoms with Crippen molar-refractivity contribution in [2.45, 2.75) is 12.1 Å². The number of nitrogens with one attached hydrogen (secondary N) is 1. The summed E-state index contributed by atoms with van der Waals surface area (Å²) >= 11 is 0. The minimum Gasteiger partial charge on any atom is -0.504 e. The third kappa shape index (κ3) is 3.08. The Morgan fingerprint density at radius 3 is 2.35 bits per heavy atom. The van der Waals surface area contributed by atoms with Gasteiger partial charge < -0.3 is 20.1 Å². The van der Waals surface area contributed by atoms with Gasteiger partial charge in [0.15, 0.2) is 11.5 Å². The maximum absolute atomic E-state index is 13.3. The van der Waals surface area contributed by atoms with Gasteiger partial charge in [0.2, 0.25) is 11.8 Å². The molecule has 0 aromatic heterocycles. The number of para-hydroxylation sites is 1. The van der Waals surface area contributed by atoms with E-state index in [1.165, 1.54) is 43.5 Å². The van der Waals surface area contributed by atoms with Crippen LogP contribution in [0.2, 0.25) is 0 Å². The molecule has 2 saturated heterocycles. The number of imide groups is 1. The fourth-order valence-corrected chi connectivity index (χ4v) is 4.31. The third-order valence-electron chi connectivity index (χ3n) is 5.68. The van der Waals surface area contributed by atoms with Crippen molar-refractivity contribution in [1.29, 1.82) is 0 Å². The van der Waals surface area contributed by atoms with Gasteiger partial charge in [0.1, 0.15) is 6.04 Å². The highest BCUT2D eigenvalue weighted by atomic mass is 16.5. The summed E-state index contributed by atoms with van der Waals surface area (Å²) in [6, 6.07) is 7.56. The number of hydrogen-bond acceptors (Lipinski definition) is 7. The maximum atomic E-state index is 13.3. The van der Waals surface area contributed by atoms with Crippen molar-refractivity contribution in [2.24, 2.45) is 11.8 Å². The van der Waals surface area contributed by atoms with E-state index in [1.54, 1.807) is 6.07 Å². The Hall–Kier alpha value is -3.92. The number of rotatable bonds is 5. The van der Waals surface area contributed by atoms with E-state index >= 15 is 0 Å². The van der Waals surface area contributed by atoms with Crippen LogP contribution in [0.1, 0.15) is 22.0 Å². The lowest BCUT2D eigenvalue weighted by molar-refractivity contribution is -0.142. The number of amides is 2. The van der Waals surface area contributed by atoms with Crippen molar-refractivity contribution >= 4 is 29.4 Å². The lowest BCUT2D eigenvalue weighted by Gasteiger charge is -2.22. The molecule has 10 heteroatoms. The molecule has 0 radical (unpaired) electrons. The molecule has 10 nitrogen and oxygen atoms in total. The number of carboxylic acids is 2. The van der Waals surface area contributed by atoms with Gasteiger partial charge in [0.05, 0.1) is 30.2 Å². The molecule has 4 N–H and O–H groups in total. The van der Waals surface area contributed by atoms with Crippen molar-refractivity contribution in [3.63, 3.8) is 0 Å². The van der Waals surface area contributed by atoms with Crippen LogP contribution in [0.3, 0.4) is 0 Å². The number of aromatic carboxylic acids is 1. The van der Waals surface area contributed by atoms with Crippen LogP contribution in [-0.4, -0.2) is 52.2 Å². The number of methoxy groups -OCH3 is 1. The Labute approximate surface area is 175 Å². The number of aromatic hydroxyl groups is 1. The Morgan fingerprint density at radius 1 is 1.03 bits per heavy atom. The van der Waals surface area contributed by atoms with Gasteiger partial charge in [-0.1, -0.05) is 18.2 Å². The third-order valence-corrected chi connectivity index (χ3v) is 5.68. The Bertz CT molecular complexity index is 1110. The second kappa shape index (κ2) is 7.40. The molecule has 2 amide bonds. The number of fused-ring (bicyclic) bond motifs is 1. The molecule has 2 aliphatic rings. The van der Waals surface area contributed by atoms with E-state index in [-0.39, 0.29) is 28.3 Å². The van der Waals surface area contributed by atoms with Crippen LogP contribution in [0.15, 0.2) is 42.5 Å². The average molecular weight is 426 g/mol. The molecule has 160 valence electrons. The van der Waals surface area contributed by atoms with Gasteiger partial charge in [-0.05, 0) is 24.3 Å². The Balaban J connectivity index is 1.80. The van der Waals surface area contributed by atoms with E-state index in [2.05, 4.69) is 5.32 Å². The van der Waals surface area contributed by atoms with Gasteiger partial charge in [-0.3, -0.25) is 19.7 Å². The molecule has 0 unspecified atom stereocenters. The first kappa shape index (κ1) is 20.4. The van der Waals surface area contributed by atoms with E-state index in [1.807, 2.05) is 0 Å². The molecule has 2 aromatic rings. The van der Waals surface area contributed by atoms with Gasteiger partial charge in [0, 0.05) is 11.6 Å². The normalized spacial score (nSPS) is 24.9. The minimum absolute atomic E-state index is 0.0436. The van der Waals surface area contributed by atoms with Gasteiger partial charge in [-0.15, -0.1) is 0 Å². The van der Waals surface area contributed by atoms with Crippen molar-refractivity contribution in [2.75, 3.05) is 12.0 Å². The first-order valence-electron chi connectivity index (χ1n) is 9.32. The Morgan fingerprint density at radius 2 is 1.71 bits per heavy atom. The molecule has 0 bridgehead atoms. The van der Waals surface area contributed by atoms with E-state index in [4.69, 9.17) is 4.74 Å². The first-order chi connectivity index (χ1) is 14.8. The number of benzene rings is 2. The predicted molar refractivity (Wildman–Crippen MR) is 105 cm³/mol. The quantitative estimate of drug-likeness (QED) is 0.513. The minimum atomic E-state index is -1.37. The number of carboxylic acid groups (broad SMARTS) is 2. The highest BCUT2D eigenvalue weighted by molar-refractivity contribution is 6.24. The monoisotopic (exact) mass is 426 g/mol. The molecule has 0 spiro atoms. The molecule has 2 fully saturated rings. The number of carbonyl (C=O) groups is 4. The summed E-state index contributed by atoms with van der Waals surface area (Å²) in [5.74, 6) is -6.44. The molecule has 31 heavy (non-hydrogen) atoms. The summed E-state index contributed by atoms with van der Waals surface area (Å²) in [6.07, 6.45) is 0. The van der Waals surface area contributed by atoms with Gasteiger partial charge in [0.25, 0.3) is 0 Å². The van der Waals surface area contributed by atoms with Crippen LogP contribution in [0.4, 0.5) is 5.69 Å². The van der Waals surface area contributed by atoms with Crippen molar-refractivity contribution in [3.8, 4) is 11.5 Å². The number of nitrogens with zero attached hydrogens (tertiary/aromatic N) is 1.